The minimum Gasteiger partial charge on any atom is -0.507 e. The molecule has 1 fully saturated rings. The summed E-state index contributed by atoms with van der Waals surface area (Å²) < 4.78 is 12.6. The number of para-hydroxylation sites is 1. The molecule has 0 bridgehead atoms. The van der Waals surface area contributed by atoms with Crippen molar-refractivity contribution < 1.29 is 24.2 Å². The third kappa shape index (κ3) is 3.44. The normalized spacial score (nSPS) is 18.0. The van der Waals surface area contributed by atoms with E-state index in [9.17, 15) is 14.7 Å². The van der Waals surface area contributed by atoms with Gasteiger partial charge in [0.25, 0.3) is 11.7 Å². The fraction of sp³-hybridized carbons (Fsp3) is 0.280. The molecule has 2 aromatic carbocycles. The number of Topliss-reactive ketones (excluding diaryl/α,β-unsaturated/α-hetero) is 1. The van der Waals surface area contributed by atoms with Gasteiger partial charge in [0, 0.05) is 43.4 Å². The van der Waals surface area contributed by atoms with Crippen LogP contribution in [-0.4, -0.2) is 53.6 Å². The number of amides is 1. The number of likely N-dealkylation sites (tertiary alicyclic amines) is 1. The number of benzene rings is 2. The lowest BCUT2D eigenvalue weighted by molar-refractivity contribution is -0.140. The van der Waals surface area contributed by atoms with E-state index < -0.39 is 17.7 Å². The second-order valence-electron chi connectivity index (χ2n) is 7.90. The zero-order valence-corrected chi connectivity index (χ0v) is 18.6. The third-order valence-corrected chi connectivity index (χ3v) is 5.91. The Morgan fingerprint density at radius 2 is 1.88 bits per heavy atom. The van der Waals surface area contributed by atoms with Crippen molar-refractivity contribution in [1.29, 1.82) is 0 Å². The Labute approximate surface area is 186 Å². The van der Waals surface area contributed by atoms with Gasteiger partial charge in [-0.2, -0.15) is 0 Å². The van der Waals surface area contributed by atoms with E-state index in [2.05, 4.69) is 0 Å². The van der Waals surface area contributed by atoms with Crippen molar-refractivity contribution in [1.82, 2.24) is 9.47 Å². The molecule has 0 spiro atoms. The number of ether oxygens (including phenoxy) is 2. The lowest BCUT2D eigenvalue weighted by Gasteiger charge is -2.24. The first kappa shape index (κ1) is 21.6. The highest BCUT2D eigenvalue weighted by molar-refractivity contribution is 6.46. The number of aliphatic hydroxyl groups is 1. The minimum absolute atomic E-state index is 0.0476. The SMILES string of the molecule is COCCN1C(=O)C(=O)/C(=C(/O)c2cc(C)ccc2OC)C1c1cn(C)c2ccccc12. The first-order chi connectivity index (χ1) is 15.4. The standard InChI is InChI=1S/C25H26N2O5/c1-15-9-10-20(32-4)17(13-15)23(28)21-22(27(11-12-31-3)25(30)24(21)29)18-14-26(2)19-8-6-5-7-16(18)19/h5-10,13-14,22,28H,11-12H2,1-4H3/b23-21+. The molecule has 1 unspecified atom stereocenters. The quantitative estimate of drug-likeness (QED) is 0.365. The van der Waals surface area contributed by atoms with Gasteiger partial charge in [-0.05, 0) is 25.1 Å². The predicted octanol–water partition coefficient (Wildman–Crippen LogP) is 3.56. The van der Waals surface area contributed by atoms with Crippen LogP contribution in [0.4, 0.5) is 0 Å². The Bertz CT molecular complexity index is 1240. The zero-order chi connectivity index (χ0) is 23.0. The second kappa shape index (κ2) is 8.51. The molecule has 1 N–H and O–H groups in total. The van der Waals surface area contributed by atoms with E-state index in [4.69, 9.17) is 9.47 Å². The number of hydrogen-bond acceptors (Lipinski definition) is 5. The molecule has 0 saturated carbocycles. The Morgan fingerprint density at radius 3 is 2.59 bits per heavy atom. The number of aryl methyl sites for hydroxylation is 2. The number of ketones is 1. The summed E-state index contributed by atoms with van der Waals surface area (Å²) in [5, 5.41) is 12.3. The maximum absolute atomic E-state index is 13.2. The van der Waals surface area contributed by atoms with E-state index in [0.717, 1.165) is 22.0 Å². The maximum Gasteiger partial charge on any atom is 0.295 e. The Hall–Kier alpha value is -3.58. The van der Waals surface area contributed by atoms with Gasteiger partial charge in [0.15, 0.2) is 0 Å². The number of aliphatic hydroxyl groups excluding tert-OH is 1. The fourth-order valence-electron chi connectivity index (χ4n) is 4.37. The monoisotopic (exact) mass is 434 g/mol. The highest BCUT2D eigenvalue weighted by Crippen LogP contribution is 2.43. The minimum atomic E-state index is -0.749. The molecule has 166 valence electrons. The van der Waals surface area contributed by atoms with Crippen LogP contribution >= 0.6 is 0 Å². The Kier molecular flexibility index (Phi) is 5.76. The van der Waals surface area contributed by atoms with Crippen molar-refractivity contribution in [3.8, 4) is 5.75 Å². The number of rotatable bonds is 6. The molecular weight excluding hydrogens is 408 g/mol. The highest BCUT2D eigenvalue weighted by atomic mass is 16.5. The first-order valence-electron chi connectivity index (χ1n) is 10.3. The molecule has 0 aliphatic carbocycles. The van der Waals surface area contributed by atoms with Crippen LogP contribution in [0.2, 0.25) is 0 Å². The van der Waals surface area contributed by atoms with Gasteiger partial charge in [0.2, 0.25) is 0 Å². The van der Waals surface area contributed by atoms with Crippen LogP contribution in [0.3, 0.4) is 0 Å². The van der Waals surface area contributed by atoms with Crippen molar-refractivity contribution in [2.45, 2.75) is 13.0 Å². The van der Waals surface area contributed by atoms with Gasteiger partial charge in [0.1, 0.15) is 11.5 Å². The summed E-state index contributed by atoms with van der Waals surface area (Å²) in [5.74, 6) is -1.21. The number of nitrogens with zero attached hydrogens (tertiary/aromatic N) is 2. The summed E-state index contributed by atoms with van der Waals surface area (Å²) in [6.45, 7) is 2.37. The van der Waals surface area contributed by atoms with Gasteiger partial charge in [0.05, 0.1) is 30.9 Å². The molecule has 1 saturated heterocycles. The molecule has 4 rings (SSSR count). The predicted molar refractivity (Wildman–Crippen MR) is 122 cm³/mol. The van der Waals surface area contributed by atoms with Gasteiger partial charge >= 0.3 is 0 Å². The van der Waals surface area contributed by atoms with Crippen molar-refractivity contribution in [3.63, 3.8) is 0 Å². The molecule has 7 heteroatoms. The van der Waals surface area contributed by atoms with Crippen LogP contribution in [0, 0.1) is 6.92 Å². The van der Waals surface area contributed by atoms with Crippen molar-refractivity contribution in [2.75, 3.05) is 27.4 Å². The summed E-state index contributed by atoms with van der Waals surface area (Å²) in [7, 11) is 4.96. The van der Waals surface area contributed by atoms with Gasteiger partial charge < -0.3 is 24.0 Å². The maximum atomic E-state index is 13.2. The second-order valence-corrected chi connectivity index (χ2v) is 7.90. The molecule has 0 radical (unpaired) electrons. The molecule has 2 heterocycles. The Morgan fingerprint density at radius 1 is 1.12 bits per heavy atom. The molecule has 7 nitrogen and oxygen atoms in total. The number of carbonyl (C=O) groups is 2. The average Bonchev–Trinajstić information content (AvgIpc) is 3.25. The van der Waals surface area contributed by atoms with E-state index in [-0.39, 0.29) is 24.5 Å². The van der Waals surface area contributed by atoms with Gasteiger partial charge in [-0.3, -0.25) is 9.59 Å². The molecule has 32 heavy (non-hydrogen) atoms. The Balaban J connectivity index is 1.99. The van der Waals surface area contributed by atoms with Crippen molar-refractivity contribution in [3.05, 3.63) is 70.9 Å². The zero-order valence-electron chi connectivity index (χ0n) is 18.6. The lowest BCUT2D eigenvalue weighted by Crippen LogP contribution is -2.32. The van der Waals surface area contributed by atoms with Crippen LogP contribution in [0.5, 0.6) is 5.75 Å². The molecule has 1 aliphatic rings. The summed E-state index contributed by atoms with van der Waals surface area (Å²) in [6, 6.07) is 12.4. The first-order valence-corrected chi connectivity index (χ1v) is 10.3. The van der Waals surface area contributed by atoms with E-state index >= 15 is 0 Å². The largest absolute Gasteiger partial charge is 0.507 e. The van der Waals surface area contributed by atoms with Crippen molar-refractivity contribution >= 4 is 28.4 Å². The molecule has 1 amide bonds. The van der Waals surface area contributed by atoms with Gasteiger partial charge in [-0.1, -0.05) is 29.8 Å². The number of aromatic nitrogens is 1. The summed E-state index contributed by atoms with van der Waals surface area (Å²) in [5.41, 5.74) is 3.05. The van der Waals surface area contributed by atoms with Crippen LogP contribution in [0.15, 0.2) is 54.2 Å². The van der Waals surface area contributed by atoms with Crippen LogP contribution in [0.25, 0.3) is 16.7 Å². The fourth-order valence-corrected chi connectivity index (χ4v) is 4.37. The molecule has 1 aromatic heterocycles. The average molecular weight is 434 g/mol. The van der Waals surface area contributed by atoms with Crippen LogP contribution in [0.1, 0.15) is 22.7 Å². The number of fused-ring (bicyclic) bond motifs is 1. The van der Waals surface area contributed by atoms with Crippen molar-refractivity contribution in [2.24, 2.45) is 7.05 Å². The summed E-state index contributed by atoms with van der Waals surface area (Å²) in [4.78, 5) is 27.7. The lowest BCUT2D eigenvalue weighted by atomic mass is 9.94. The number of methoxy groups -OCH3 is 2. The van der Waals surface area contributed by atoms with E-state index in [1.54, 1.807) is 19.2 Å². The third-order valence-electron chi connectivity index (χ3n) is 5.91. The number of hydrogen-bond donors (Lipinski definition) is 1. The topological polar surface area (TPSA) is 81.0 Å². The van der Waals surface area contributed by atoms with Crippen LogP contribution < -0.4 is 4.74 Å². The van der Waals surface area contributed by atoms with Crippen LogP contribution in [-0.2, 0) is 21.4 Å². The van der Waals surface area contributed by atoms with Gasteiger partial charge in [-0.15, -0.1) is 0 Å². The number of carbonyl (C=O) groups excluding carboxylic acids is 2. The van der Waals surface area contributed by atoms with Gasteiger partial charge in [-0.25, -0.2) is 0 Å². The molecule has 1 aliphatic heterocycles. The summed E-state index contributed by atoms with van der Waals surface area (Å²) >= 11 is 0. The smallest absolute Gasteiger partial charge is 0.295 e. The molecule has 3 aromatic rings. The van der Waals surface area contributed by atoms with E-state index in [1.165, 1.54) is 12.0 Å². The molecular formula is C25H26N2O5. The van der Waals surface area contributed by atoms with E-state index in [0.29, 0.717) is 11.3 Å². The highest BCUT2D eigenvalue weighted by Gasteiger charge is 2.47. The van der Waals surface area contributed by atoms with E-state index in [1.807, 2.05) is 55.1 Å². The molecule has 1 atom stereocenters. The summed E-state index contributed by atoms with van der Waals surface area (Å²) in [6.07, 6.45) is 1.90.